The number of nitrogens with zero attached hydrogens (tertiary/aromatic N) is 4. The Bertz CT molecular complexity index is 1270. The number of amides is 1. The van der Waals surface area contributed by atoms with Crippen LogP contribution in [0.5, 0.6) is 0 Å². The van der Waals surface area contributed by atoms with Crippen LogP contribution in [-0.4, -0.2) is 58.5 Å². The molecule has 0 N–H and O–H groups in total. The van der Waals surface area contributed by atoms with E-state index >= 15 is 0 Å². The second kappa shape index (κ2) is 10.5. The number of hydrogen-bond donors (Lipinski definition) is 0. The summed E-state index contributed by atoms with van der Waals surface area (Å²) in [4.78, 5) is 39.1. The first-order valence-corrected chi connectivity index (χ1v) is 12.4. The third-order valence-electron chi connectivity index (χ3n) is 6.23. The van der Waals surface area contributed by atoms with Gasteiger partial charge in [-0.3, -0.25) is 9.78 Å². The van der Waals surface area contributed by atoms with E-state index in [0.29, 0.717) is 36.6 Å². The maximum Gasteiger partial charge on any atom is 0.410 e. The second-order valence-corrected chi connectivity index (χ2v) is 10.2. The van der Waals surface area contributed by atoms with Gasteiger partial charge in [-0.1, -0.05) is 30.3 Å². The molecule has 0 unspecified atom stereocenters. The molecule has 1 aliphatic rings. The summed E-state index contributed by atoms with van der Waals surface area (Å²) < 4.78 is 5.54. The Morgan fingerprint density at radius 2 is 1.72 bits per heavy atom. The number of carbonyl (C=O) groups excluding carboxylic acids is 2. The lowest BCUT2D eigenvalue weighted by atomic mass is 9.98. The minimum atomic E-state index is -0.525. The molecule has 188 valence electrons. The molecule has 2 aromatic heterocycles. The maximum absolute atomic E-state index is 13.5. The van der Waals surface area contributed by atoms with E-state index in [9.17, 15) is 9.59 Å². The minimum absolute atomic E-state index is 0.150. The smallest absolute Gasteiger partial charge is 0.410 e. The van der Waals surface area contributed by atoms with Gasteiger partial charge in [0.2, 0.25) is 5.78 Å². The SMILES string of the molecule is Cc1ccccc1-c1cnc(C)c(C(=O)c2cccc(N3CCCN(C(=O)OC(C)(C)C)CC3)n2)c1. The van der Waals surface area contributed by atoms with Crippen molar-refractivity contribution in [1.29, 1.82) is 0 Å². The van der Waals surface area contributed by atoms with E-state index in [-0.39, 0.29) is 11.9 Å². The van der Waals surface area contributed by atoms with Crippen LogP contribution in [0.3, 0.4) is 0 Å². The van der Waals surface area contributed by atoms with E-state index < -0.39 is 5.60 Å². The van der Waals surface area contributed by atoms with Gasteiger partial charge in [-0.2, -0.15) is 0 Å². The largest absolute Gasteiger partial charge is 0.444 e. The van der Waals surface area contributed by atoms with Gasteiger partial charge in [0, 0.05) is 49.2 Å². The fraction of sp³-hybridized carbons (Fsp3) is 0.379. The van der Waals surface area contributed by atoms with Gasteiger partial charge in [-0.25, -0.2) is 9.78 Å². The average molecular weight is 487 g/mol. The molecule has 1 fully saturated rings. The van der Waals surface area contributed by atoms with Gasteiger partial charge in [-0.05, 0) is 70.4 Å². The molecule has 4 rings (SSSR count). The lowest BCUT2D eigenvalue weighted by Gasteiger charge is -2.26. The first-order chi connectivity index (χ1) is 17.1. The maximum atomic E-state index is 13.5. The Morgan fingerprint density at radius 1 is 0.944 bits per heavy atom. The van der Waals surface area contributed by atoms with Crippen molar-refractivity contribution < 1.29 is 14.3 Å². The predicted octanol–water partition coefficient (Wildman–Crippen LogP) is 5.44. The van der Waals surface area contributed by atoms with Crippen molar-refractivity contribution in [1.82, 2.24) is 14.9 Å². The zero-order valence-corrected chi connectivity index (χ0v) is 21.7. The van der Waals surface area contributed by atoms with Crippen LogP contribution >= 0.6 is 0 Å². The van der Waals surface area contributed by atoms with Crippen LogP contribution in [0.1, 0.15) is 54.5 Å². The number of ketones is 1. The van der Waals surface area contributed by atoms with Crippen molar-refractivity contribution in [3.05, 3.63) is 77.2 Å². The molecule has 36 heavy (non-hydrogen) atoms. The standard InChI is InChI=1S/C29H34N4O3/c1-20-10-6-7-11-23(20)22-18-24(21(2)30-19-22)27(34)25-12-8-13-26(31-25)32-14-9-15-33(17-16-32)28(35)36-29(3,4)5/h6-8,10-13,18-19H,9,14-17H2,1-5H3. The summed E-state index contributed by atoms with van der Waals surface area (Å²) >= 11 is 0. The van der Waals surface area contributed by atoms with Gasteiger partial charge in [0.15, 0.2) is 0 Å². The van der Waals surface area contributed by atoms with E-state index in [4.69, 9.17) is 9.72 Å². The number of benzene rings is 1. The van der Waals surface area contributed by atoms with Crippen LogP contribution in [-0.2, 0) is 4.74 Å². The van der Waals surface area contributed by atoms with E-state index in [1.165, 1.54) is 0 Å². The summed E-state index contributed by atoms with van der Waals surface area (Å²) in [5.41, 5.74) is 4.17. The molecular weight excluding hydrogens is 452 g/mol. The summed E-state index contributed by atoms with van der Waals surface area (Å²) in [5.74, 6) is 0.579. The summed E-state index contributed by atoms with van der Waals surface area (Å²) in [6.07, 6.45) is 2.31. The third-order valence-corrected chi connectivity index (χ3v) is 6.23. The molecule has 3 aromatic rings. The fourth-order valence-corrected chi connectivity index (χ4v) is 4.33. The molecule has 1 aromatic carbocycles. The number of hydrogen-bond acceptors (Lipinski definition) is 6. The zero-order chi connectivity index (χ0) is 25.9. The van der Waals surface area contributed by atoms with Gasteiger partial charge in [-0.15, -0.1) is 0 Å². The number of anilines is 1. The highest BCUT2D eigenvalue weighted by Crippen LogP contribution is 2.26. The van der Waals surface area contributed by atoms with Crippen LogP contribution in [0, 0.1) is 13.8 Å². The number of rotatable bonds is 4. The molecule has 1 aliphatic heterocycles. The molecule has 1 amide bonds. The van der Waals surface area contributed by atoms with Gasteiger partial charge >= 0.3 is 6.09 Å². The van der Waals surface area contributed by atoms with Crippen molar-refractivity contribution >= 4 is 17.7 Å². The van der Waals surface area contributed by atoms with Crippen molar-refractivity contribution in [2.75, 3.05) is 31.1 Å². The molecule has 0 atom stereocenters. The molecule has 0 aliphatic carbocycles. The predicted molar refractivity (Wildman–Crippen MR) is 141 cm³/mol. The lowest BCUT2D eigenvalue weighted by Crippen LogP contribution is -2.39. The van der Waals surface area contributed by atoms with E-state index in [0.717, 1.165) is 35.5 Å². The van der Waals surface area contributed by atoms with E-state index in [1.807, 2.05) is 83.3 Å². The van der Waals surface area contributed by atoms with E-state index in [1.54, 1.807) is 11.0 Å². The summed E-state index contributed by atoms with van der Waals surface area (Å²) in [7, 11) is 0. The highest BCUT2D eigenvalue weighted by molar-refractivity contribution is 6.09. The van der Waals surface area contributed by atoms with Crippen LogP contribution in [0.2, 0.25) is 0 Å². The van der Waals surface area contributed by atoms with Crippen molar-refractivity contribution in [3.8, 4) is 11.1 Å². The Kier molecular flexibility index (Phi) is 7.38. The summed E-state index contributed by atoms with van der Waals surface area (Å²) in [6.45, 7) is 12.0. The molecule has 0 radical (unpaired) electrons. The van der Waals surface area contributed by atoms with Gasteiger partial charge in [0.25, 0.3) is 0 Å². The Labute approximate surface area is 213 Å². The van der Waals surface area contributed by atoms with E-state index in [2.05, 4.69) is 9.88 Å². The molecule has 0 spiro atoms. The normalized spacial score (nSPS) is 14.4. The number of pyridine rings is 2. The summed E-state index contributed by atoms with van der Waals surface area (Å²) in [6, 6.07) is 15.5. The highest BCUT2D eigenvalue weighted by Gasteiger charge is 2.25. The number of aryl methyl sites for hydroxylation is 2. The van der Waals surface area contributed by atoms with Crippen LogP contribution in [0.4, 0.5) is 10.6 Å². The Hall–Kier alpha value is -3.74. The highest BCUT2D eigenvalue weighted by atomic mass is 16.6. The third kappa shape index (κ3) is 5.90. The van der Waals surface area contributed by atoms with Gasteiger partial charge in [0.05, 0.1) is 0 Å². The monoisotopic (exact) mass is 486 g/mol. The lowest BCUT2D eigenvalue weighted by molar-refractivity contribution is 0.0263. The zero-order valence-electron chi connectivity index (χ0n) is 21.7. The Balaban J connectivity index is 1.53. The molecular formula is C29H34N4O3. The minimum Gasteiger partial charge on any atom is -0.444 e. The van der Waals surface area contributed by atoms with Crippen LogP contribution in [0.15, 0.2) is 54.7 Å². The second-order valence-electron chi connectivity index (χ2n) is 10.2. The Morgan fingerprint density at radius 3 is 2.47 bits per heavy atom. The number of ether oxygens (including phenoxy) is 1. The molecule has 1 saturated heterocycles. The summed E-state index contributed by atoms with van der Waals surface area (Å²) in [5, 5.41) is 0. The van der Waals surface area contributed by atoms with Crippen LogP contribution in [0.25, 0.3) is 11.1 Å². The fourth-order valence-electron chi connectivity index (χ4n) is 4.33. The molecule has 7 heteroatoms. The molecule has 7 nitrogen and oxygen atoms in total. The molecule has 0 bridgehead atoms. The quantitative estimate of drug-likeness (QED) is 0.457. The van der Waals surface area contributed by atoms with Crippen molar-refractivity contribution in [2.24, 2.45) is 0 Å². The number of aromatic nitrogens is 2. The van der Waals surface area contributed by atoms with Crippen LogP contribution < -0.4 is 4.90 Å². The van der Waals surface area contributed by atoms with Gasteiger partial charge in [0.1, 0.15) is 17.1 Å². The van der Waals surface area contributed by atoms with Crippen molar-refractivity contribution in [2.45, 2.75) is 46.6 Å². The van der Waals surface area contributed by atoms with Gasteiger partial charge < -0.3 is 14.5 Å². The molecule has 3 heterocycles. The topological polar surface area (TPSA) is 75.6 Å². The first-order valence-electron chi connectivity index (χ1n) is 12.4. The first kappa shape index (κ1) is 25.4. The average Bonchev–Trinajstić information content (AvgIpc) is 3.10. The van der Waals surface area contributed by atoms with Crippen molar-refractivity contribution in [3.63, 3.8) is 0 Å². The molecule has 0 saturated carbocycles. The number of carbonyl (C=O) groups is 2.